The molecule has 2 nitrogen and oxygen atoms in total. The summed E-state index contributed by atoms with van der Waals surface area (Å²) in [5, 5.41) is 12.5. The van der Waals surface area contributed by atoms with Crippen LogP contribution in [0.25, 0.3) is 10.4 Å². The molecule has 0 spiro atoms. The van der Waals surface area contributed by atoms with E-state index in [0.29, 0.717) is 0 Å². The summed E-state index contributed by atoms with van der Waals surface area (Å²) in [7, 11) is 0. The standard InChI is InChI=1S/C25H28O2S/c1-23(2)24(3,22(26)27)25(23,15-16-7-4-5-8-16)20-10-6-9-19-18(20)12-11-17-13-14-28-21(17)19/h6,9-10,13-15H,4-5,7-8,11-12H2,1-3H3,(H,26,27)/t24-,25-/m0/s1. The highest BCUT2D eigenvalue weighted by Crippen LogP contribution is 2.80. The maximum absolute atomic E-state index is 12.6. The minimum absolute atomic E-state index is 0.313. The van der Waals surface area contributed by atoms with Gasteiger partial charge in [0, 0.05) is 10.3 Å². The van der Waals surface area contributed by atoms with Gasteiger partial charge in [-0.3, -0.25) is 4.79 Å². The summed E-state index contributed by atoms with van der Waals surface area (Å²) in [4.78, 5) is 13.9. The number of carboxylic acids is 1. The number of fused-ring (bicyclic) bond motifs is 3. The lowest BCUT2D eigenvalue weighted by molar-refractivity contribution is -0.144. The van der Waals surface area contributed by atoms with Crippen LogP contribution in [0.1, 0.15) is 63.1 Å². The Hall–Kier alpha value is -1.87. The first-order valence-corrected chi connectivity index (χ1v) is 11.4. The number of carboxylic acid groups (broad SMARTS) is 1. The van der Waals surface area contributed by atoms with Crippen molar-refractivity contribution in [1.82, 2.24) is 0 Å². The Kier molecular flexibility index (Phi) is 3.78. The van der Waals surface area contributed by atoms with Crippen LogP contribution < -0.4 is 0 Å². The predicted octanol–water partition coefficient (Wildman–Crippen LogP) is 6.38. The predicted molar refractivity (Wildman–Crippen MR) is 115 cm³/mol. The van der Waals surface area contributed by atoms with Gasteiger partial charge in [-0.2, -0.15) is 0 Å². The largest absolute Gasteiger partial charge is 0.481 e. The number of aliphatic carboxylic acids is 1. The third-order valence-electron chi connectivity index (χ3n) is 8.29. The molecule has 28 heavy (non-hydrogen) atoms. The summed E-state index contributed by atoms with van der Waals surface area (Å²) in [5.74, 6) is -0.669. The average molecular weight is 393 g/mol. The van der Waals surface area contributed by atoms with Crippen molar-refractivity contribution in [3.63, 3.8) is 0 Å². The van der Waals surface area contributed by atoms with Gasteiger partial charge in [0.25, 0.3) is 0 Å². The van der Waals surface area contributed by atoms with Crippen LogP contribution in [-0.2, 0) is 23.1 Å². The van der Waals surface area contributed by atoms with Crippen molar-refractivity contribution in [3.05, 3.63) is 58.0 Å². The van der Waals surface area contributed by atoms with E-state index in [-0.39, 0.29) is 5.41 Å². The molecule has 0 saturated heterocycles. The molecule has 1 heterocycles. The van der Waals surface area contributed by atoms with Gasteiger partial charge < -0.3 is 5.11 Å². The van der Waals surface area contributed by atoms with Crippen molar-refractivity contribution in [1.29, 1.82) is 0 Å². The molecule has 3 aliphatic carbocycles. The molecule has 1 N–H and O–H groups in total. The fourth-order valence-electron chi connectivity index (χ4n) is 6.32. The van der Waals surface area contributed by atoms with E-state index in [1.54, 1.807) is 0 Å². The Morgan fingerprint density at radius 2 is 1.82 bits per heavy atom. The van der Waals surface area contributed by atoms with Gasteiger partial charge in [-0.05, 0) is 84.6 Å². The van der Waals surface area contributed by atoms with Gasteiger partial charge in [-0.25, -0.2) is 0 Å². The van der Waals surface area contributed by atoms with Crippen molar-refractivity contribution in [2.75, 3.05) is 0 Å². The molecule has 3 heteroatoms. The molecule has 0 unspecified atom stereocenters. The smallest absolute Gasteiger partial charge is 0.311 e. The molecule has 0 aliphatic heterocycles. The number of rotatable bonds is 3. The first-order chi connectivity index (χ1) is 13.3. The summed E-state index contributed by atoms with van der Waals surface area (Å²) < 4.78 is 0. The minimum atomic E-state index is -0.777. The fraction of sp³-hybridized carbons (Fsp3) is 0.480. The topological polar surface area (TPSA) is 37.3 Å². The SMILES string of the molecule is CC1(C)[C@](C)(C(=O)O)[C@@]1(C=C1CCCC1)c1cccc2c1CCc1ccsc1-2. The van der Waals surface area contributed by atoms with Crippen LogP contribution in [0, 0.1) is 10.8 Å². The summed E-state index contributed by atoms with van der Waals surface area (Å²) in [5.41, 5.74) is 5.35. The first kappa shape index (κ1) is 18.2. The number of allylic oxidation sites excluding steroid dienone is 2. The van der Waals surface area contributed by atoms with Crippen molar-refractivity contribution in [2.45, 2.75) is 64.7 Å². The van der Waals surface area contributed by atoms with E-state index in [1.165, 1.54) is 45.5 Å². The molecule has 5 rings (SSSR count). The normalized spacial score (nSPS) is 29.9. The van der Waals surface area contributed by atoms with Crippen LogP contribution in [0.15, 0.2) is 41.3 Å². The molecule has 2 aromatic rings. The molecule has 146 valence electrons. The second-order valence-electron chi connectivity index (χ2n) is 9.48. The fourth-order valence-corrected chi connectivity index (χ4v) is 7.33. The Morgan fingerprint density at radius 1 is 1.07 bits per heavy atom. The van der Waals surface area contributed by atoms with E-state index in [0.717, 1.165) is 25.7 Å². The zero-order valence-electron chi connectivity index (χ0n) is 17.0. The molecular formula is C25H28O2S. The molecule has 3 aliphatic rings. The van der Waals surface area contributed by atoms with Gasteiger partial charge >= 0.3 is 5.97 Å². The average Bonchev–Trinajstić information content (AvgIpc) is 3.22. The highest BCUT2D eigenvalue weighted by Gasteiger charge is 2.83. The maximum Gasteiger partial charge on any atom is 0.311 e. The Morgan fingerprint density at radius 3 is 2.50 bits per heavy atom. The van der Waals surface area contributed by atoms with Crippen molar-refractivity contribution < 1.29 is 9.90 Å². The van der Waals surface area contributed by atoms with Crippen LogP contribution in [0.5, 0.6) is 0 Å². The second-order valence-corrected chi connectivity index (χ2v) is 10.4. The van der Waals surface area contributed by atoms with Crippen molar-refractivity contribution in [3.8, 4) is 10.4 Å². The molecule has 1 aromatic heterocycles. The van der Waals surface area contributed by atoms with Crippen LogP contribution in [0.4, 0.5) is 0 Å². The van der Waals surface area contributed by atoms with Crippen LogP contribution >= 0.6 is 11.3 Å². The lowest BCUT2D eigenvalue weighted by atomic mass is 9.76. The van der Waals surface area contributed by atoms with E-state index >= 15 is 0 Å². The first-order valence-electron chi connectivity index (χ1n) is 10.5. The van der Waals surface area contributed by atoms with Gasteiger partial charge in [0.05, 0.1) is 5.41 Å². The number of hydrogen-bond donors (Lipinski definition) is 1. The van der Waals surface area contributed by atoms with E-state index < -0.39 is 16.8 Å². The summed E-state index contributed by atoms with van der Waals surface area (Å²) >= 11 is 1.82. The van der Waals surface area contributed by atoms with Crippen molar-refractivity contribution >= 4 is 17.3 Å². The molecule has 0 radical (unpaired) electrons. The summed E-state index contributed by atoms with van der Waals surface area (Å²) in [6.45, 7) is 6.29. The lowest BCUT2D eigenvalue weighted by Crippen LogP contribution is -2.24. The number of thiophene rings is 1. The zero-order chi connectivity index (χ0) is 19.7. The van der Waals surface area contributed by atoms with Crippen LogP contribution in [0.3, 0.4) is 0 Å². The molecule has 0 bridgehead atoms. The number of hydrogen-bond acceptors (Lipinski definition) is 2. The number of aryl methyl sites for hydroxylation is 1. The van der Waals surface area contributed by atoms with E-state index in [9.17, 15) is 9.90 Å². The minimum Gasteiger partial charge on any atom is -0.481 e. The van der Waals surface area contributed by atoms with Crippen LogP contribution in [0.2, 0.25) is 0 Å². The maximum atomic E-state index is 12.6. The second kappa shape index (κ2) is 5.82. The molecule has 2 atom stereocenters. The summed E-state index contributed by atoms with van der Waals surface area (Å²) in [6, 6.07) is 8.85. The Labute approximate surface area is 171 Å². The quantitative estimate of drug-likeness (QED) is 0.615. The highest BCUT2D eigenvalue weighted by atomic mass is 32.1. The van der Waals surface area contributed by atoms with E-state index in [1.807, 2.05) is 18.3 Å². The lowest BCUT2D eigenvalue weighted by Gasteiger charge is -2.27. The Balaban J connectivity index is 1.77. The number of benzene rings is 1. The number of carbonyl (C=O) groups is 1. The van der Waals surface area contributed by atoms with Gasteiger partial charge in [0.15, 0.2) is 0 Å². The van der Waals surface area contributed by atoms with Gasteiger partial charge in [0.1, 0.15) is 0 Å². The molecular weight excluding hydrogens is 364 g/mol. The molecule has 2 saturated carbocycles. The highest BCUT2D eigenvalue weighted by molar-refractivity contribution is 7.13. The Bertz CT molecular complexity index is 1000. The third kappa shape index (κ3) is 2.01. The van der Waals surface area contributed by atoms with Crippen molar-refractivity contribution in [2.24, 2.45) is 10.8 Å². The van der Waals surface area contributed by atoms with Gasteiger partial charge in [0.2, 0.25) is 0 Å². The van der Waals surface area contributed by atoms with Crippen LogP contribution in [-0.4, -0.2) is 11.1 Å². The molecule has 1 aromatic carbocycles. The van der Waals surface area contributed by atoms with E-state index in [2.05, 4.69) is 49.6 Å². The zero-order valence-corrected chi connectivity index (χ0v) is 17.8. The third-order valence-corrected chi connectivity index (χ3v) is 9.28. The molecule has 0 amide bonds. The van der Waals surface area contributed by atoms with Gasteiger partial charge in [-0.15, -0.1) is 11.3 Å². The van der Waals surface area contributed by atoms with Gasteiger partial charge in [-0.1, -0.05) is 43.7 Å². The summed E-state index contributed by atoms with van der Waals surface area (Å²) in [6.07, 6.45) is 9.17. The monoisotopic (exact) mass is 392 g/mol. The molecule has 2 fully saturated rings. The van der Waals surface area contributed by atoms with E-state index in [4.69, 9.17) is 0 Å².